The monoisotopic (exact) mass is 276 g/mol. The second kappa shape index (κ2) is 3.33. The van der Waals surface area contributed by atoms with Gasteiger partial charge in [0.15, 0.2) is 0 Å². The number of hydrogen-bond donors (Lipinski definition) is 1. The van der Waals surface area contributed by atoms with Crippen molar-refractivity contribution in [2.45, 2.75) is 17.8 Å². The van der Waals surface area contributed by atoms with Crippen LogP contribution in [0.3, 0.4) is 0 Å². The quantitative estimate of drug-likeness (QED) is 0.869. The van der Waals surface area contributed by atoms with Crippen molar-refractivity contribution in [2.24, 2.45) is 0 Å². The topological polar surface area (TPSA) is 42.0 Å². The summed E-state index contributed by atoms with van der Waals surface area (Å²) in [5.41, 5.74) is 1.50. The van der Waals surface area contributed by atoms with Gasteiger partial charge in [-0.15, -0.1) is 11.3 Å². The lowest BCUT2D eigenvalue weighted by molar-refractivity contribution is -0.118. The number of hydrogen-bond acceptors (Lipinski definition) is 3. The molecule has 1 aromatic carbocycles. The summed E-state index contributed by atoms with van der Waals surface area (Å²) in [6, 6.07) is 5.59. The second-order valence-corrected chi connectivity index (χ2v) is 6.11. The zero-order chi connectivity index (χ0) is 12.3. The highest BCUT2D eigenvalue weighted by Crippen LogP contribution is 2.65. The van der Waals surface area contributed by atoms with Crippen LogP contribution in [0.1, 0.15) is 22.9 Å². The second-order valence-electron chi connectivity index (χ2n) is 4.74. The van der Waals surface area contributed by atoms with Crippen molar-refractivity contribution < 1.29 is 4.79 Å². The summed E-state index contributed by atoms with van der Waals surface area (Å²) < 4.78 is 0. The van der Waals surface area contributed by atoms with Gasteiger partial charge in [-0.3, -0.25) is 4.79 Å². The Bertz CT molecular complexity index is 655. The first kappa shape index (κ1) is 10.5. The highest BCUT2D eigenvalue weighted by Gasteiger charge is 2.66. The molecule has 0 saturated heterocycles. The number of carbonyl (C=O) groups excluding carboxylic acids is 1. The van der Waals surface area contributed by atoms with Crippen molar-refractivity contribution in [1.29, 1.82) is 0 Å². The van der Waals surface area contributed by atoms with Gasteiger partial charge in [0.25, 0.3) is 0 Å². The molecular formula is C13H9ClN2OS. The van der Waals surface area contributed by atoms with Crippen LogP contribution in [0.2, 0.25) is 5.02 Å². The summed E-state index contributed by atoms with van der Waals surface area (Å²) in [7, 11) is 0. The molecule has 1 aliphatic heterocycles. The van der Waals surface area contributed by atoms with Crippen LogP contribution in [-0.2, 0) is 10.2 Å². The summed E-state index contributed by atoms with van der Waals surface area (Å²) in [5, 5.41) is 6.62. The van der Waals surface area contributed by atoms with Gasteiger partial charge in [0.05, 0.1) is 10.4 Å². The fraction of sp³-hybridized carbons (Fsp3) is 0.231. The molecule has 5 heteroatoms. The highest BCUT2D eigenvalue weighted by atomic mass is 35.5. The van der Waals surface area contributed by atoms with E-state index in [4.69, 9.17) is 11.6 Å². The molecule has 1 aliphatic carbocycles. The predicted molar refractivity (Wildman–Crippen MR) is 71.2 cm³/mol. The van der Waals surface area contributed by atoms with Gasteiger partial charge >= 0.3 is 0 Å². The number of carbonyl (C=O) groups is 1. The molecule has 18 heavy (non-hydrogen) atoms. The predicted octanol–water partition coefficient (Wildman–Crippen LogP) is 3.17. The van der Waals surface area contributed by atoms with E-state index in [0.29, 0.717) is 5.02 Å². The van der Waals surface area contributed by atoms with Crippen LogP contribution in [0.25, 0.3) is 0 Å². The third-order valence-corrected chi connectivity index (χ3v) is 4.95. The lowest BCUT2D eigenvalue weighted by atomic mass is 9.95. The molecule has 2 atom stereocenters. The molecule has 1 fully saturated rings. The Morgan fingerprint density at radius 2 is 2.39 bits per heavy atom. The Balaban J connectivity index is 1.85. The van der Waals surface area contributed by atoms with E-state index in [2.05, 4.69) is 10.3 Å². The minimum atomic E-state index is -0.419. The van der Waals surface area contributed by atoms with E-state index in [9.17, 15) is 4.79 Å². The summed E-state index contributed by atoms with van der Waals surface area (Å²) in [6.07, 6.45) is 2.62. The number of amides is 1. The Hall–Kier alpha value is -1.39. The van der Waals surface area contributed by atoms with E-state index in [1.54, 1.807) is 23.6 Å². The normalized spacial score (nSPS) is 28.3. The number of thiazole rings is 1. The van der Waals surface area contributed by atoms with Crippen molar-refractivity contribution in [2.75, 3.05) is 5.32 Å². The highest BCUT2D eigenvalue weighted by molar-refractivity contribution is 7.09. The van der Waals surface area contributed by atoms with Crippen LogP contribution in [0.4, 0.5) is 5.69 Å². The van der Waals surface area contributed by atoms with Crippen molar-refractivity contribution in [3.05, 3.63) is 45.4 Å². The third kappa shape index (κ3) is 1.19. The maximum Gasteiger partial charge on any atom is 0.235 e. The molecule has 0 unspecified atom stereocenters. The molecule has 1 aromatic heterocycles. The molecule has 3 nitrogen and oxygen atoms in total. The van der Waals surface area contributed by atoms with Gasteiger partial charge in [0.1, 0.15) is 0 Å². The molecule has 1 N–H and O–H groups in total. The molecule has 90 valence electrons. The van der Waals surface area contributed by atoms with Crippen molar-refractivity contribution >= 4 is 34.5 Å². The number of anilines is 1. The zero-order valence-electron chi connectivity index (χ0n) is 9.31. The average Bonchev–Trinajstić information content (AvgIpc) is 2.76. The Kier molecular flexibility index (Phi) is 1.95. The molecular weight excluding hydrogens is 268 g/mol. The molecule has 1 spiro atoms. The molecule has 1 amide bonds. The van der Waals surface area contributed by atoms with Gasteiger partial charge in [-0.1, -0.05) is 11.6 Å². The average molecular weight is 277 g/mol. The Labute approximate surface area is 113 Å². The summed E-state index contributed by atoms with van der Waals surface area (Å²) in [6.45, 7) is 0. The molecule has 2 aromatic rings. The van der Waals surface area contributed by atoms with Gasteiger partial charge in [0, 0.05) is 28.2 Å². The van der Waals surface area contributed by atoms with E-state index in [0.717, 1.165) is 22.7 Å². The SMILES string of the molecule is O=C1Nc2ccc(Cl)cc2[C@@]12C[C@@H]2c1nccs1. The van der Waals surface area contributed by atoms with Gasteiger partial charge in [-0.2, -0.15) is 0 Å². The van der Waals surface area contributed by atoms with Crippen molar-refractivity contribution in [3.63, 3.8) is 0 Å². The number of nitrogens with zero attached hydrogens (tertiary/aromatic N) is 1. The first-order chi connectivity index (χ1) is 8.72. The number of rotatable bonds is 1. The fourth-order valence-corrected chi connectivity index (χ4v) is 3.87. The van der Waals surface area contributed by atoms with Crippen LogP contribution in [0.5, 0.6) is 0 Å². The van der Waals surface area contributed by atoms with Crippen LogP contribution in [0, 0.1) is 0 Å². The van der Waals surface area contributed by atoms with Crippen LogP contribution < -0.4 is 5.32 Å². The van der Waals surface area contributed by atoms with Crippen LogP contribution in [-0.4, -0.2) is 10.9 Å². The van der Waals surface area contributed by atoms with E-state index >= 15 is 0 Å². The van der Waals surface area contributed by atoms with Crippen molar-refractivity contribution in [1.82, 2.24) is 4.98 Å². The molecule has 1 saturated carbocycles. The molecule has 2 aliphatic rings. The smallest absolute Gasteiger partial charge is 0.235 e. The van der Waals surface area contributed by atoms with Gasteiger partial charge in [-0.05, 0) is 30.2 Å². The molecule has 2 heterocycles. The first-order valence-electron chi connectivity index (χ1n) is 5.73. The van der Waals surface area contributed by atoms with Gasteiger partial charge < -0.3 is 5.32 Å². The summed E-state index contributed by atoms with van der Waals surface area (Å²) >= 11 is 7.66. The lowest BCUT2D eigenvalue weighted by Gasteiger charge is -2.07. The molecule has 0 radical (unpaired) electrons. The largest absolute Gasteiger partial charge is 0.325 e. The van der Waals surface area contributed by atoms with Crippen molar-refractivity contribution in [3.8, 4) is 0 Å². The van der Waals surface area contributed by atoms with Crippen LogP contribution >= 0.6 is 22.9 Å². The summed E-state index contributed by atoms with van der Waals surface area (Å²) in [4.78, 5) is 16.6. The minimum absolute atomic E-state index is 0.0833. The number of benzene rings is 1. The lowest BCUT2D eigenvalue weighted by Crippen LogP contribution is -2.20. The third-order valence-electron chi connectivity index (χ3n) is 3.83. The summed E-state index contributed by atoms with van der Waals surface area (Å²) in [5.74, 6) is 0.289. The molecule has 0 bridgehead atoms. The Morgan fingerprint density at radius 3 is 3.17 bits per heavy atom. The van der Waals surface area contributed by atoms with Gasteiger partial charge in [0.2, 0.25) is 5.91 Å². The fourth-order valence-electron chi connectivity index (χ4n) is 2.87. The number of nitrogens with one attached hydrogen (secondary N) is 1. The molecule has 4 rings (SSSR count). The van der Waals surface area contributed by atoms with E-state index in [1.165, 1.54) is 0 Å². The van der Waals surface area contributed by atoms with E-state index < -0.39 is 5.41 Å². The maximum absolute atomic E-state index is 12.3. The minimum Gasteiger partial charge on any atom is -0.325 e. The number of halogens is 1. The van der Waals surface area contributed by atoms with E-state index in [1.807, 2.05) is 17.5 Å². The zero-order valence-corrected chi connectivity index (χ0v) is 10.9. The maximum atomic E-state index is 12.3. The number of aromatic nitrogens is 1. The standard InChI is InChI=1S/C13H9ClN2OS/c14-7-1-2-10-8(5-7)13(12(17)16-10)6-9(13)11-15-3-4-18-11/h1-5,9H,6H2,(H,16,17)/t9-,13-/m1/s1. The van der Waals surface area contributed by atoms with Crippen LogP contribution in [0.15, 0.2) is 29.8 Å². The first-order valence-corrected chi connectivity index (χ1v) is 6.98. The number of fused-ring (bicyclic) bond motifs is 2. The van der Waals surface area contributed by atoms with Gasteiger partial charge in [-0.25, -0.2) is 4.98 Å². The van der Waals surface area contributed by atoms with E-state index in [-0.39, 0.29) is 11.8 Å². The Morgan fingerprint density at radius 1 is 1.50 bits per heavy atom.